The van der Waals surface area contributed by atoms with Crippen LogP contribution in [0.3, 0.4) is 0 Å². The van der Waals surface area contributed by atoms with Crippen molar-refractivity contribution in [3.63, 3.8) is 0 Å². The van der Waals surface area contributed by atoms with Crippen LogP contribution in [0.4, 0.5) is 0 Å². The summed E-state index contributed by atoms with van der Waals surface area (Å²) in [6, 6.07) is 16.1. The predicted octanol–water partition coefficient (Wildman–Crippen LogP) is 4.58. The zero-order valence-corrected chi connectivity index (χ0v) is 13.3. The van der Waals surface area contributed by atoms with E-state index in [1.807, 2.05) is 37.3 Å². The van der Waals surface area contributed by atoms with Crippen molar-refractivity contribution in [1.82, 2.24) is 0 Å². The van der Waals surface area contributed by atoms with Crippen LogP contribution in [0.5, 0.6) is 0 Å². The Kier molecular flexibility index (Phi) is 5.16. The van der Waals surface area contributed by atoms with Crippen LogP contribution >= 0.6 is 0 Å². The van der Waals surface area contributed by atoms with E-state index in [9.17, 15) is 8.42 Å². The fraction of sp³-hybridized carbons (Fsp3) is 0.105. The molecule has 0 heterocycles. The molecule has 0 fully saturated rings. The van der Waals surface area contributed by atoms with Crippen LogP contribution in [-0.4, -0.2) is 8.42 Å². The first kappa shape index (κ1) is 16.0. The van der Waals surface area contributed by atoms with E-state index in [4.69, 9.17) is 0 Å². The van der Waals surface area contributed by atoms with Crippen molar-refractivity contribution >= 4 is 15.9 Å². The minimum Gasteiger partial charge on any atom is -0.218 e. The maximum atomic E-state index is 12.1. The van der Waals surface area contributed by atoms with E-state index in [2.05, 4.69) is 12.3 Å². The molecule has 0 aliphatic heterocycles. The van der Waals surface area contributed by atoms with E-state index in [1.165, 1.54) is 0 Å². The summed E-state index contributed by atoms with van der Waals surface area (Å²) in [7, 11) is -3.46. The maximum Gasteiger partial charge on any atom is 0.207 e. The summed E-state index contributed by atoms with van der Waals surface area (Å²) in [5.74, 6) is 0.194. The van der Waals surface area contributed by atoms with Gasteiger partial charge in [-0.3, -0.25) is 0 Å². The molecule has 0 N–H and O–H groups in total. The minimum atomic E-state index is -3.46. The van der Waals surface area contributed by atoms with Crippen LogP contribution < -0.4 is 0 Å². The molecule has 0 amide bonds. The average molecular weight is 310 g/mol. The molecule has 0 aliphatic rings. The Morgan fingerprint density at radius 3 is 2.36 bits per heavy atom. The average Bonchev–Trinajstić information content (AvgIpc) is 2.55. The van der Waals surface area contributed by atoms with Gasteiger partial charge in [0.05, 0.1) is 10.3 Å². The highest BCUT2D eigenvalue weighted by Gasteiger charge is 2.08. The normalized spacial score (nSPS) is 12.0. The highest BCUT2D eigenvalue weighted by molar-refractivity contribution is 7.94. The second-order valence-corrected chi connectivity index (χ2v) is 6.74. The molecule has 2 aromatic carbocycles. The molecule has 0 spiro atoms. The molecule has 0 saturated carbocycles. The van der Waals surface area contributed by atoms with Gasteiger partial charge in [0, 0.05) is 0 Å². The van der Waals surface area contributed by atoms with Crippen molar-refractivity contribution in [2.75, 3.05) is 0 Å². The third-order valence-electron chi connectivity index (χ3n) is 3.37. The Morgan fingerprint density at radius 2 is 1.68 bits per heavy atom. The molecule has 0 aliphatic carbocycles. The molecule has 2 aromatic rings. The van der Waals surface area contributed by atoms with Crippen molar-refractivity contribution in [1.29, 1.82) is 0 Å². The molecule has 2 rings (SSSR count). The molecule has 0 radical (unpaired) electrons. The molecule has 0 aromatic heterocycles. The van der Waals surface area contributed by atoms with Gasteiger partial charge >= 0.3 is 0 Å². The number of benzene rings is 2. The standard InChI is InChI=1S/C19H18O2S/c1-3-16(2)19-14-8-7-10-17(19)11-9-15-22(20,21)18-12-5-4-6-13-18/h3-8,10-16H,1H2,2H3. The number of hydrogen-bond acceptors (Lipinski definition) is 2. The first-order valence-electron chi connectivity index (χ1n) is 6.98. The van der Waals surface area contributed by atoms with Gasteiger partial charge in [-0.15, -0.1) is 12.3 Å². The number of sulfone groups is 1. The number of rotatable bonds is 5. The Morgan fingerprint density at radius 1 is 1.05 bits per heavy atom. The lowest BCUT2D eigenvalue weighted by Gasteiger charge is -2.09. The summed E-state index contributed by atoms with van der Waals surface area (Å²) in [6.07, 6.45) is 3.55. The van der Waals surface area contributed by atoms with Gasteiger partial charge in [-0.2, -0.15) is 0 Å². The van der Waals surface area contributed by atoms with Crippen LogP contribution in [0.15, 0.2) is 83.3 Å². The summed E-state index contributed by atoms with van der Waals surface area (Å²) >= 11 is 0. The lowest BCUT2D eigenvalue weighted by molar-refractivity contribution is 0.604. The van der Waals surface area contributed by atoms with Gasteiger partial charge < -0.3 is 0 Å². The largest absolute Gasteiger partial charge is 0.218 e. The SMILES string of the molecule is C=CC(C)c1ccccc1C=C=CS(=O)(=O)c1ccccc1. The second-order valence-electron chi connectivity index (χ2n) is 4.94. The Balaban J connectivity index is 2.35. The zero-order valence-electron chi connectivity index (χ0n) is 12.4. The second kappa shape index (κ2) is 7.08. The summed E-state index contributed by atoms with van der Waals surface area (Å²) in [5, 5.41) is 1.11. The van der Waals surface area contributed by atoms with E-state index >= 15 is 0 Å². The fourth-order valence-electron chi connectivity index (χ4n) is 2.08. The van der Waals surface area contributed by atoms with E-state index in [0.717, 1.165) is 16.5 Å². The van der Waals surface area contributed by atoms with Crippen LogP contribution in [0, 0.1) is 0 Å². The first-order chi connectivity index (χ1) is 10.5. The summed E-state index contributed by atoms with van der Waals surface area (Å²) < 4.78 is 24.3. The number of allylic oxidation sites excluding steroid dienone is 1. The van der Waals surface area contributed by atoms with E-state index in [1.54, 1.807) is 36.4 Å². The minimum absolute atomic E-state index is 0.194. The first-order valence-corrected chi connectivity index (χ1v) is 8.53. The van der Waals surface area contributed by atoms with Crippen LogP contribution in [-0.2, 0) is 9.84 Å². The lowest BCUT2D eigenvalue weighted by atomic mass is 9.96. The van der Waals surface area contributed by atoms with Crippen LogP contribution in [0.2, 0.25) is 0 Å². The van der Waals surface area contributed by atoms with Gasteiger partial charge in [-0.1, -0.05) is 55.5 Å². The fourth-order valence-corrected chi connectivity index (χ4v) is 3.00. The molecular weight excluding hydrogens is 292 g/mol. The Bertz CT molecular complexity index is 812. The third kappa shape index (κ3) is 3.85. The lowest BCUT2D eigenvalue weighted by Crippen LogP contribution is -1.94. The zero-order chi connectivity index (χ0) is 16.0. The van der Waals surface area contributed by atoms with Crippen molar-refractivity contribution < 1.29 is 8.42 Å². The predicted molar refractivity (Wildman–Crippen MR) is 91.2 cm³/mol. The van der Waals surface area contributed by atoms with Gasteiger partial charge in [0.15, 0.2) is 0 Å². The van der Waals surface area contributed by atoms with Crippen molar-refractivity contribution in [2.45, 2.75) is 17.7 Å². The van der Waals surface area contributed by atoms with Crippen molar-refractivity contribution in [3.05, 3.63) is 89.5 Å². The van der Waals surface area contributed by atoms with Gasteiger partial charge in [0.1, 0.15) is 0 Å². The quantitative estimate of drug-likeness (QED) is 0.598. The molecule has 2 nitrogen and oxygen atoms in total. The summed E-state index contributed by atoms with van der Waals surface area (Å²) in [6.45, 7) is 5.85. The van der Waals surface area contributed by atoms with E-state index in [-0.39, 0.29) is 10.8 Å². The van der Waals surface area contributed by atoms with E-state index < -0.39 is 9.84 Å². The molecule has 3 heteroatoms. The molecule has 22 heavy (non-hydrogen) atoms. The van der Waals surface area contributed by atoms with Gasteiger partial charge in [0.2, 0.25) is 9.84 Å². The smallest absolute Gasteiger partial charge is 0.207 e. The third-order valence-corrected chi connectivity index (χ3v) is 4.75. The van der Waals surface area contributed by atoms with Gasteiger partial charge in [-0.25, -0.2) is 8.42 Å². The molecule has 0 saturated heterocycles. The topological polar surface area (TPSA) is 34.1 Å². The van der Waals surface area contributed by atoms with Crippen molar-refractivity contribution in [2.24, 2.45) is 0 Å². The van der Waals surface area contributed by atoms with Crippen molar-refractivity contribution in [3.8, 4) is 0 Å². The summed E-state index contributed by atoms with van der Waals surface area (Å²) in [5.41, 5.74) is 4.82. The van der Waals surface area contributed by atoms with Crippen LogP contribution in [0.25, 0.3) is 6.08 Å². The van der Waals surface area contributed by atoms with E-state index in [0.29, 0.717) is 0 Å². The monoisotopic (exact) mass is 310 g/mol. The van der Waals surface area contributed by atoms with Gasteiger partial charge in [-0.05, 0) is 35.3 Å². The number of hydrogen-bond donors (Lipinski definition) is 0. The highest BCUT2D eigenvalue weighted by Crippen LogP contribution is 2.21. The molecule has 112 valence electrons. The molecular formula is C19H18O2S. The van der Waals surface area contributed by atoms with Crippen LogP contribution in [0.1, 0.15) is 24.0 Å². The molecule has 0 bridgehead atoms. The molecule has 1 unspecified atom stereocenters. The highest BCUT2D eigenvalue weighted by atomic mass is 32.2. The maximum absolute atomic E-state index is 12.1. The Labute approximate surface area is 132 Å². The molecule has 1 atom stereocenters. The van der Waals surface area contributed by atoms with Gasteiger partial charge in [0.25, 0.3) is 0 Å². The Hall–Kier alpha value is -2.35. The summed E-state index contributed by atoms with van der Waals surface area (Å²) in [4.78, 5) is 0.267.